The smallest absolute Gasteiger partial charge is 0.153 e. The van der Waals surface area contributed by atoms with Crippen LogP contribution in [0.2, 0.25) is 0 Å². The highest BCUT2D eigenvalue weighted by Crippen LogP contribution is 2.29. The summed E-state index contributed by atoms with van der Waals surface area (Å²) in [7, 11) is 0. The number of hydrogen-bond donors (Lipinski definition) is 1. The molecule has 1 aliphatic heterocycles. The molecule has 0 aliphatic carbocycles. The first-order valence-corrected chi connectivity index (χ1v) is 8.31. The average Bonchev–Trinajstić information content (AvgIpc) is 2.52. The van der Waals surface area contributed by atoms with Crippen molar-refractivity contribution in [1.82, 2.24) is 4.90 Å². The van der Waals surface area contributed by atoms with Crippen LogP contribution in [0.3, 0.4) is 0 Å². The van der Waals surface area contributed by atoms with Crippen LogP contribution in [-0.2, 0) is 0 Å². The molecule has 4 nitrogen and oxygen atoms in total. The third-order valence-corrected chi connectivity index (χ3v) is 4.37. The van der Waals surface area contributed by atoms with Crippen molar-refractivity contribution in [2.24, 2.45) is 0 Å². The molecule has 1 N–H and O–H groups in total. The number of anilines is 1. The van der Waals surface area contributed by atoms with E-state index in [4.69, 9.17) is 21.4 Å². The Kier molecular flexibility index (Phi) is 6.44. The number of alkyl halides is 1. The molecule has 0 aromatic heterocycles. The fourth-order valence-corrected chi connectivity index (χ4v) is 2.84. The molecular weight excluding hydrogens is 326 g/mol. The van der Waals surface area contributed by atoms with Gasteiger partial charge in [-0.3, -0.25) is 4.90 Å². The zero-order valence-electron chi connectivity index (χ0n) is 13.4. The Bertz CT molecular complexity index is 496. The molecule has 7 heteroatoms. The van der Waals surface area contributed by atoms with E-state index in [1.54, 1.807) is 4.90 Å². The highest BCUT2D eigenvalue weighted by Gasteiger charge is 2.24. The number of rotatable bonds is 6. The highest BCUT2D eigenvalue weighted by atomic mass is 35.5. The van der Waals surface area contributed by atoms with Gasteiger partial charge in [0.15, 0.2) is 11.6 Å². The minimum absolute atomic E-state index is 0.0211. The number of benzene rings is 1. The predicted octanol–water partition coefficient (Wildman–Crippen LogP) is 2.47. The summed E-state index contributed by atoms with van der Waals surface area (Å²) >= 11 is 5.60. The largest absolute Gasteiger partial charge is 0.487 e. The van der Waals surface area contributed by atoms with Gasteiger partial charge in [0.2, 0.25) is 0 Å². The van der Waals surface area contributed by atoms with Gasteiger partial charge in [0.25, 0.3) is 0 Å². The van der Waals surface area contributed by atoms with E-state index in [0.29, 0.717) is 19.1 Å². The molecule has 1 aromatic rings. The Labute approximate surface area is 140 Å². The first kappa shape index (κ1) is 18.2. The lowest BCUT2D eigenvalue weighted by molar-refractivity contribution is 0.131. The minimum atomic E-state index is -0.684. The van der Waals surface area contributed by atoms with E-state index in [0.717, 1.165) is 25.2 Å². The molecule has 1 fully saturated rings. The summed E-state index contributed by atoms with van der Waals surface area (Å²) in [5.74, 6) is -1.25. The van der Waals surface area contributed by atoms with Crippen molar-refractivity contribution in [1.29, 1.82) is 0 Å². The maximum Gasteiger partial charge on any atom is 0.153 e. The van der Waals surface area contributed by atoms with Crippen LogP contribution in [-0.4, -0.2) is 60.8 Å². The van der Waals surface area contributed by atoms with Crippen molar-refractivity contribution in [2.45, 2.75) is 26.0 Å². The van der Waals surface area contributed by atoms with Gasteiger partial charge in [-0.1, -0.05) is 0 Å². The Morgan fingerprint density at radius 2 is 1.74 bits per heavy atom. The van der Waals surface area contributed by atoms with Crippen molar-refractivity contribution in [2.75, 3.05) is 43.6 Å². The van der Waals surface area contributed by atoms with E-state index in [1.165, 1.54) is 0 Å². The van der Waals surface area contributed by atoms with Gasteiger partial charge in [0.1, 0.15) is 17.5 Å². The van der Waals surface area contributed by atoms with Crippen LogP contribution in [0.25, 0.3) is 0 Å². The van der Waals surface area contributed by atoms with E-state index < -0.39 is 17.7 Å². The fourth-order valence-electron chi connectivity index (χ4n) is 2.68. The first-order valence-electron chi connectivity index (χ1n) is 7.77. The Hall–Kier alpha value is -1.11. The van der Waals surface area contributed by atoms with Crippen molar-refractivity contribution in [3.63, 3.8) is 0 Å². The number of ether oxygens (including phenoxy) is 1. The second-order valence-electron chi connectivity index (χ2n) is 5.93. The van der Waals surface area contributed by atoms with E-state index in [-0.39, 0.29) is 23.9 Å². The summed E-state index contributed by atoms with van der Waals surface area (Å²) in [5, 5.41) is 9.04. The van der Waals surface area contributed by atoms with Gasteiger partial charge in [-0.15, -0.1) is 11.6 Å². The van der Waals surface area contributed by atoms with E-state index in [2.05, 4.69) is 18.7 Å². The summed E-state index contributed by atoms with van der Waals surface area (Å²) < 4.78 is 34.0. The second kappa shape index (κ2) is 8.13. The molecule has 1 atom stereocenters. The van der Waals surface area contributed by atoms with Crippen LogP contribution in [0, 0.1) is 11.6 Å². The molecule has 2 rings (SSSR count). The highest BCUT2D eigenvalue weighted by molar-refractivity contribution is 6.18. The molecule has 0 radical (unpaired) electrons. The molecule has 23 heavy (non-hydrogen) atoms. The molecule has 1 heterocycles. The van der Waals surface area contributed by atoms with Crippen LogP contribution < -0.4 is 9.64 Å². The third-order valence-electron chi connectivity index (χ3n) is 4.03. The SMILES string of the molecule is CC(C)N1CCN(c2c(F)cc(OC(CO)CCl)cc2F)CC1. The monoisotopic (exact) mass is 348 g/mol. The predicted molar refractivity (Wildman–Crippen MR) is 87.5 cm³/mol. The lowest BCUT2D eigenvalue weighted by atomic mass is 10.2. The van der Waals surface area contributed by atoms with Gasteiger partial charge >= 0.3 is 0 Å². The van der Waals surface area contributed by atoms with Crippen LogP contribution in [0.1, 0.15) is 13.8 Å². The Balaban J connectivity index is 2.12. The van der Waals surface area contributed by atoms with Gasteiger partial charge in [-0.25, -0.2) is 8.78 Å². The number of piperazine rings is 1. The molecule has 0 saturated carbocycles. The average molecular weight is 349 g/mol. The minimum Gasteiger partial charge on any atom is -0.487 e. The van der Waals surface area contributed by atoms with Gasteiger partial charge in [0, 0.05) is 44.4 Å². The molecule has 0 spiro atoms. The molecule has 130 valence electrons. The van der Waals surface area contributed by atoms with Crippen LogP contribution in [0.4, 0.5) is 14.5 Å². The topological polar surface area (TPSA) is 35.9 Å². The van der Waals surface area contributed by atoms with Gasteiger partial charge in [0.05, 0.1) is 12.5 Å². The van der Waals surface area contributed by atoms with E-state index >= 15 is 0 Å². The zero-order chi connectivity index (χ0) is 17.0. The van der Waals surface area contributed by atoms with Crippen molar-refractivity contribution in [3.05, 3.63) is 23.8 Å². The molecular formula is C16H23ClF2N2O2. The maximum atomic E-state index is 14.3. The van der Waals surface area contributed by atoms with Crippen molar-refractivity contribution < 1.29 is 18.6 Å². The molecule has 1 aliphatic rings. The molecule has 1 unspecified atom stereocenters. The van der Waals surface area contributed by atoms with Gasteiger partial charge in [-0.05, 0) is 13.8 Å². The van der Waals surface area contributed by atoms with E-state index in [9.17, 15) is 8.78 Å². The summed E-state index contributed by atoms with van der Waals surface area (Å²) in [5.41, 5.74) is -0.0211. The number of aliphatic hydroxyl groups is 1. The van der Waals surface area contributed by atoms with Crippen LogP contribution in [0.15, 0.2) is 12.1 Å². The second-order valence-corrected chi connectivity index (χ2v) is 6.24. The first-order chi connectivity index (χ1) is 11.0. The molecule has 0 amide bonds. The number of halogens is 3. The quantitative estimate of drug-likeness (QED) is 0.801. The van der Waals surface area contributed by atoms with Gasteiger partial charge < -0.3 is 14.7 Å². The fraction of sp³-hybridized carbons (Fsp3) is 0.625. The lowest BCUT2D eigenvalue weighted by Gasteiger charge is -2.38. The normalized spacial score (nSPS) is 17.6. The van der Waals surface area contributed by atoms with Gasteiger partial charge in [-0.2, -0.15) is 0 Å². The van der Waals surface area contributed by atoms with E-state index in [1.807, 2.05) is 0 Å². The molecule has 0 bridgehead atoms. The summed E-state index contributed by atoms with van der Waals surface area (Å²) in [6, 6.07) is 2.71. The maximum absolute atomic E-state index is 14.3. The van der Waals surface area contributed by atoms with Crippen LogP contribution in [0.5, 0.6) is 5.75 Å². The van der Waals surface area contributed by atoms with Crippen molar-refractivity contribution >= 4 is 17.3 Å². The Morgan fingerprint density at radius 3 is 2.17 bits per heavy atom. The summed E-state index contributed by atoms with van der Waals surface area (Å²) in [6.07, 6.45) is -0.684. The molecule has 1 aromatic carbocycles. The van der Waals surface area contributed by atoms with Crippen molar-refractivity contribution in [3.8, 4) is 5.75 Å². The number of nitrogens with zero attached hydrogens (tertiary/aromatic N) is 2. The zero-order valence-corrected chi connectivity index (χ0v) is 14.2. The summed E-state index contributed by atoms with van der Waals surface area (Å²) in [4.78, 5) is 3.99. The van der Waals surface area contributed by atoms with Crippen LogP contribution >= 0.6 is 11.6 Å². The third kappa shape index (κ3) is 4.46. The number of aliphatic hydroxyl groups excluding tert-OH is 1. The summed E-state index contributed by atoms with van der Waals surface area (Å²) in [6.45, 7) is 6.60. The lowest BCUT2D eigenvalue weighted by Crippen LogP contribution is -2.49. The standard InChI is InChI=1S/C16H23ClF2N2O2/c1-11(2)20-3-5-21(6-4-20)16-14(18)7-12(8-15(16)19)23-13(9-17)10-22/h7-8,11,13,22H,3-6,9-10H2,1-2H3. The Morgan fingerprint density at radius 1 is 1.17 bits per heavy atom. The number of hydrogen-bond acceptors (Lipinski definition) is 4. The molecule has 1 saturated heterocycles.